The molecule has 3 aliphatic heterocycles. The van der Waals surface area contributed by atoms with E-state index in [1.807, 2.05) is 12.1 Å². The molecule has 0 spiro atoms. The van der Waals surface area contributed by atoms with Crippen LogP contribution in [0.4, 0.5) is 13.2 Å². The number of pyridine rings is 1. The molecule has 5 rings (SSSR count). The molecule has 4 heterocycles. The number of rotatable bonds is 4. The molecule has 1 N–H and O–H groups in total. The summed E-state index contributed by atoms with van der Waals surface area (Å²) in [6.45, 7) is 6.40. The van der Waals surface area contributed by atoms with Crippen LogP contribution >= 0.6 is 0 Å². The van der Waals surface area contributed by atoms with Crippen molar-refractivity contribution in [3.63, 3.8) is 0 Å². The van der Waals surface area contributed by atoms with Gasteiger partial charge < -0.3 is 10.2 Å². The third kappa shape index (κ3) is 4.82. The van der Waals surface area contributed by atoms with Crippen molar-refractivity contribution < 1.29 is 22.8 Å². The summed E-state index contributed by atoms with van der Waals surface area (Å²) in [4.78, 5) is 33.2. The minimum atomic E-state index is -4.38. The van der Waals surface area contributed by atoms with Crippen LogP contribution in [0, 0.1) is 0 Å². The van der Waals surface area contributed by atoms with Crippen LogP contribution in [0.15, 0.2) is 48.8 Å². The first-order chi connectivity index (χ1) is 16.7. The van der Waals surface area contributed by atoms with E-state index in [1.165, 1.54) is 11.6 Å². The molecule has 0 bridgehead atoms. The standard InChI is InChI=1S/C26H27F3N4O2/c1-16-2-7-23(24(34)31-16)33-14-19-12-18(3-6-22(19)25(33)35)17-8-10-32(11-9-17)15-21-5-4-20(13-30-21)26(27,28)29/h3-6,12-13,17,23H,1-2,7-11,14-15H2,(H,31,34). The van der Waals surface area contributed by atoms with Crippen LogP contribution in [0.5, 0.6) is 0 Å². The number of aromatic nitrogens is 1. The predicted molar refractivity (Wildman–Crippen MR) is 123 cm³/mol. The van der Waals surface area contributed by atoms with Crippen molar-refractivity contribution in [2.45, 2.75) is 56.9 Å². The second-order valence-corrected chi connectivity index (χ2v) is 9.58. The first-order valence-electron chi connectivity index (χ1n) is 11.9. The molecule has 2 saturated heterocycles. The number of piperidine rings is 2. The fraction of sp³-hybridized carbons (Fsp3) is 0.423. The molecular weight excluding hydrogens is 457 g/mol. The van der Waals surface area contributed by atoms with Crippen molar-refractivity contribution in [1.29, 1.82) is 0 Å². The van der Waals surface area contributed by atoms with Crippen molar-refractivity contribution in [3.8, 4) is 0 Å². The Hall–Kier alpha value is -3.20. The van der Waals surface area contributed by atoms with Gasteiger partial charge in [0.25, 0.3) is 5.91 Å². The number of fused-ring (bicyclic) bond motifs is 1. The lowest BCUT2D eigenvalue weighted by Gasteiger charge is -2.32. The second kappa shape index (κ2) is 9.11. The maximum atomic E-state index is 13.0. The Kier molecular flexibility index (Phi) is 6.13. The Morgan fingerprint density at radius 3 is 2.51 bits per heavy atom. The average molecular weight is 485 g/mol. The summed E-state index contributed by atoms with van der Waals surface area (Å²) >= 11 is 0. The van der Waals surface area contributed by atoms with E-state index in [-0.39, 0.29) is 11.8 Å². The molecule has 2 fully saturated rings. The number of benzene rings is 1. The van der Waals surface area contributed by atoms with E-state index in [9.17, 15) is 22.8 Å². The van der Waals surface area contributed by atoms with Gasteiger partial charge in [-0.1, -0.05) is 18.7 Å². The molecule has 9 heteroatoms. The number of halogens is 3. The molecule has 1 atom stereocenters. The number of carbonyl (C=O) groups is 2. The summed E-state index contributed by atoms with van der Waals surface area (Å²) in [6, 6.07) is 8.06. The quantitative estimate of drug-likeness (QED) is 0.706. The Labute approximate surface area is 201 Å². The molecule has 2 amide bonds. The zero-order valence-electron chi connectivity index (χ0n) is 19.3. The molecule has 1 unspecified atom stereocenters. The molecule has 0 saturated carbocycles. The largest absolute Gasteiger partial charge is 0.417 e. The molecule has 3 aliphatic rings. The Morgan fingerprint density at radius 2 is 1.86 bits per heavy atom. The zero-order chi connectivity index (χ0) is 24.7. The predicted octanol–water partition coefficient (Wildman–Crippen LogP) is 4.23. The van der Waals surface area contributed by atoms with Crippen LogP contribution in [0.25, 0.3) is 0 Å². The van der Waals surface area contributed by atoms with Crippen LogP contribution in [-0.4, -0.2) is 45.7 Å². The Morgan fingerprint density at radius 1 is 1.09 bits per heavy atom. The van der Waals surface area contributed by atoms with Gasteiger partial charge in [0.15, 0.2) is 0 Å². The van der Waals surface area contributed by atoms with E-state index < -0.39 is 17.8 Å². The molecule has 6 nitrogen and oxygen atoms in total. The highest BCUT2D eigenvalue weighted by Crippen LogP contribution is 2.34. The Bertz CT molecular complexity index is 1150. The molecule has 35 heavy (non-hydrogen) atoms. The van der Waals surface area contributed by atoms with Gasteiger partial charge in [0.2, 0.25) is 5.91 Å². The molecule has 2 aromatic rings. The first-order valence-corrected chi connectivity index (χ1v) is 11.9. The number of alkyl halides is 3. The summed E-state index contributed by atoms with van der Waals surface area (Å²) in [5, 5.41) is 2.76. The number of carbonyl (C=O) groups excluding carboxylic acids is 2. The van der Waals surface area contributed by atoms with Gasteiger partial charge in [-0.25, -0.2) is 0 Å². The number of nitrogens with zero attached hydrogens (tertiary/aromatic N) is 3. The van der Waals surface area contributed by atoms with Crippen molar-refractivity contribution in [1.82, 2.24) is 20.1 Å². The second-order valence-electron chi connectivity index (χ2n) is 9.58. The monoisotopic (exact) mass is 484 g/mol. The summed E-state index contributed by atoms with van der Waals surface area (Å²) in [7, 11) is 0. The van der Waals surface area contributed by atoms with Gasteiger partial charge in [0.05, 0.1) is 11.3 Å². The van der Waals surface area contributed by atoms with Crippen molar-refractivity contribution >= 4 is 11.8 Å². The van der Waals surface area contributed by atoms with Crippen molar-refractivity contribution in [2.24, 2.45) is 0 Å². The van der Waals surface area contributed by atoms with Gasteiger partial charge in [0, 0.05) is 30.5 Å². The van der Waals surface area contributed by atoms with Crippen LogP contribution in [0.1, 0.15) is 64.3 Å². The van der Waals surface area contributed by atoms with E-state index in [4.69, 9.17) is 0 Å². The summed E-state index contributed by atoms with van der Waals surface area (Å²) in [5.74, 6) is 0.0816. The first kappa shape index (κ1) is 23.5. The van der Waals surface area contributed by atoms with Gasteiger partial charge in [0.1, 0.15) is 6.04 Å². The van der Waals surface area contributed by atoms with Gasteiger partial charge in [-0.3, -0.25) is 19.5 Å². The zero-order valence-corrected chi connectivity index (χ0v) is 19.3. The van der Waals surface area contributed by atoms with Crippen LogP contribution < -0.4 is 5.32 Å². The average Bonchev–Trinajstić information content (AvgIpc) is 3.15. The number of likely N-dealkylation sites (tertiary alicyclic amines) is 1. The van der Waals surface area contributed by atoms with Crippen molar-refractivity contribution in [2.75, 3.05) is 13.1 Å². The highest BCUT2D eigenvalue weighted by atomic mass is 19.4. The maximum absolute atomic E-state index is 13.0. The number of hydrogen-bond donors (Lipinski definition) is 1. The fourth-order valence-corrected chi connectivity index (χ4v) is 5.27. The van der Waals surface area contributed by atoms with Gasteiger partial charge in [-0.05, 0) is 74.0 Å². The lowest BCUT2D eigenvalue weighted by atomic mass is 9.88. The van der Waals surface area contributed by atoms with Gasteiger partial charge >= 0.3 is 6.18 Å². The van der Waals surface area contributed by atoms with Crippen molar-refractivity contribution in [3.05, 3.63) is 76.8 Å². The lowest BCUT2D eigenvalue weighted by molar-refractivity contribution is -0.137. The molecule has 1 aromatic heterocycles. The van der Waals surface area contributed by atoms with Gasteiger partial charge in [-0.15, -0.1) is 0 Å². The third-order valence-corrected chi connectivity index (χ3v) is 7.26. The summed E-state index contributed by atoms with van der Waals surface area (Å²) < 4.78 is 38.2. The van der Waals surface area contributed by atoms with Crippen LogP contribution in [0.2, 0.25) is 0 Å². The Balaban J connectivity index is 1.19. The van der Waals surface area contributed by atoms with E-state index in [0.717, 1.165) is 43.8 Å². The molecule has 0 aliphatic carbocycles. The van der Waals surface area contributed by atoms with E-state index in [2.05, 4.69) is 27.8 Å². The fourth-order valence-electron chi connectivity index (χ4n) is 5.27. The SMILES string of the molecule is C=C1CCC(N2Cc3cc(C4CCN(Cc5ccc(C(F)(F)F)cn5)CC4)ccc3C2=O)C(=O)N1. The number of allylic oxidation sites excluding steroid dienone is 1. The summed E-state index contributed by atoms with van der Waals surface area (Å²) in [5.41, 5.74) is 3.40. The number of amides is 2. The van der Waals surface area contributed by atoms with Crippen LogP contribution in [0.3, 0.4) is 0 Å². The van der Waals surface area contributed by atoms with E-state index in [0.29, 0.717) is 48.8 Å². The number of nitrogens with one attached hydrogen (secondary N) is 1. The van der Waals surface area contributed by atoms with Gasteiger partial charge in [-0.2, -0.15) is 13.2 Å². The third-order valence-electron chi connectivity index (χ3n) is 7.26. The molecule has 1 aromatic carbocycles. The van der Waals surface area contributed by atoms with Crippen LogP contribution in [-0.2, 0) is 24.1 Å². The highest BCUT2D eigenvalue weighted by molar-refractivity contribution is 6.01. The maximum Gasteiger partial charge on any atom is 0.417 e. The molecule has 0 radical (unpaired) electrons. The normalized spacial score (nSPS) is 21.9. The highest BCUT2D eigenvalue weighted by Gasteiger charge is 2.38. The molecular formula is C26H27F3N4O2. The lowest BCUT2D eigenvalue weighted by Crippen LogP contribution is -2.49. The topological polar surface area (TPSA) is 65.5 Å². The smallest absolute Gasteiger partial charge is 0.329 e. The van der Waals surface area contributed by atoms with E-state index in [1.54, 1.807) is 4.90 Å². The minimum absolute atomic E-state index is 0.0990. The molecule has 184 valence electrons. The number of hydrogen-bond acceptors (Lipinski definition) is 4. The minimum Gasteiger partial charge on any atom is -0.329 e. The summed E-state index contributed by atoms with van der Waals surface area (Å²) in [6.07, 6.45) is -0.385. The van der Waals surface area contributed by atoms with E-state index >= 15 is 0 Å².